The Morgan fingerprint density at radius 1 is 1.08 bits per heavy atom. The van der Waals surface area contributed by atoms with Gasteiger partial charge in [0.05, 0.1) is 9.82 Å². The van der Waals surface area contributed by atoms with Crippen LogP contribution in [0.1, 0.15) is 0 Å². The van der Waals surface area contributed by atoms with E-state index in [2.05, 4.69) is 0 Å². The summed E-state index contributed by atoms with van der Waals surface area (Å²) in [4.78, 5) is 8.19. The van der Waals surface area contributed by atoms with E-state index in [-0.39, 0.29) is 0 Å². The second-order valence-corrected chi connectivity index (χ2v) is 7.49. The van der Waals surface area contributed by atoms with E-state index in [1.165, 1.54) is 0 Å². The molecule has 0 fully saturated rings. The van der Waals surface area contributed by atoms with Crippen molar-refractivity contribution in [3.05, 3.63) is 52.3 Å². The van der Waals surface area contributed by atoms with Gasteiger partial charge < -0.3 is 0 Å². The van der Waals surface area contributed by atoms with Crippen LogP contribution in [0.25, 0.3) is 11.1 Å². The molecule has 0 radical (unpaired) electrons. The molecule has 0 saturated carbocycles. The molecule has 12 heteroatoms. The van der Waals surface area contributed by atoms with Crippen LogP contribution in [0.15, 0.2) is 46.2 Å². The van der Waals surface area contributed by atoms with Crippen LogP contribution in [0, 0.1) is 15.9 Å². The molecule has 0 aliphatic carbocycles. The van der Waals surface area contributed by atoms with Gasteiger partial charge in [0.15, 0.2) is 0 Å². The summed E-state index contributed by atoms with van der Waals surface area (Å²) in [5, 5.41) is 15.8. The molecule has 0 aliphatic rings. The Bertz CT molecular complexity index is 999. The van der Waals surface area contributed by atoms with Crippen molar-refractivity contribution in [3.63, 3.8) is 0 Å². The number of non-ortho nitro benzene ring substituents is 1. The summed E-state index contributed by atoms with van der Waals surface area (Å²) in [7, 11) is -9.50. The largest absolute Gasteiger partial charge is 0.295 e. The van der Waals surface area contributed by atoms with Crippen LogP contribution in [-0.4, -0.2) is 26.3 Å². The van der Waals surface area contributed by atoms with Crippen molar-refractivity contribution in [1.82, 2.24) is 0 Å². The van der Waals surface area contributed by atoms with E-state index in [4.69, 9.17) is 5.14 Å². The average molecular weight is 376 g/mol. The van der Waals surface area contributed by atoms with Crippen LogP contribution < -0.4 is 5.14 Å². The number of benzene rings is 2. The Balaban J connectivity index is 3.03. The molecule has 0 aliphatic heterocycles. The fraction of sp³-hybridized carbons (Fsp3) is 0. The smallest absolute Gasteiger partial charge is 0.282 e. The van der Waals surface area contributed by atoms with Gasteiger partial charge in [0.25, 0.3) is 15.8 Å². The summed E-state index contributed by atoms with van der Waals surface area (Å²) in [6.45, 7) is 0. The maximum Gasteiger partial charge on any atom is 0.295 e. The molecule has 3 N–H and O–H groups in total. The summed E-state index contributed by atoms with van der Waals surface area (Å²) in [5.74, 6) is -1.14. The molecule has 0 amide bonds. The van der Waals surface area contributed by atoms with Gasteiger partial charge in [0.2, 0.25) is 10.0 Å². The lowest BCUT2D eigenvalue weighted by atomic mass is 10.0. The molecule has 0 bridgehead atoms. The number of nitrogens with two attached hydrogens (primary N) is 1. The molecule has 0 heterocycles. The van der Waals surface area contributed by atoms with Gasteiger partial charge in [0, 0.05) is 23.3 Å². The van der Waals surface area contributed by atoms with E-state index in [0.717, 1.165) is 24.3 Å². The summed E-state index contributed by atoms with van der Waals surface area (Å²) < 4.78 is 69.8. The zero-order valence-corrected chi connectivity index (χ0v) is 13.2. The Labute approximate surface area is 135 Å². The topological polar surface area (TPSA) is 158 Å². The lowest BCUT2D eigenvalue weighted by Gasteiger charge is -2.12. The van der Waals surface area contributed by atoms with Gasteiger partial charge in [0.1, 0.15) is 10.7 Å². The van der Waals surface area contributed by atoms with Gasteiger partial charge in [-0.05, 0) is 18.2 Å². The maximum absolute atomic E-state index is 14.1. The molecule has 0 unspecified atom stereocenters. The number of nitro benzene ring substituents is 1. The van der Waals surface area contributed by atoms with Crippen molar-refractivity contribution in [1.29, 1.82) is 0 Å². The molecule has 2 rings (SSSR count). The summed E-state index contributed by atoms with van der Waals surface area (Å²) in [6.07, 6.45) is 0. The fourth-order valence-corrected chi connectivity index (χ4v) is 3.61. The second kappa shape index (κ2) is 5.90. The Kier molecular flexibility index (Phi) is 4.41. The van der Waals surface area contributed by atoms with Gasteiger partial charge in [-0.25, -0.2) is 17.9 Å². The fourth-order valence-electron chi connectivity index (χ4n) is 2.05. The number of sulfonamides is 1. The minimum atomic E-state index is -4.97. The average Bonchev–Trinajstić information content (AvgIpc) is 2.45. The number of nitro groups is 1. The van der Waals surface area contributed by atoms with Crippen LogP contribution in [0.2, 0.25) is 0 Å². The zero-order valence-electron chi connectivity index (χ0n) is 11.6. The highest BCUT2D eigenvalue weighted by molar-refractivity contribution is 7.89. The van der Waals surface area contributed by atoms with Gasteiger partial charge in [-0.3, -0.25) is 14.7 Å². The molecule has 0 spiro atoms. The van der Waals surface area contributed by atoms with Crippen LogP contribution >= 0.6 is 0 Å². The lowest BCUT2D eigenvalue weighted by molar-refractivity contribution is -0.384. The Hall–Kier alpha value is -2.41. The van der Waals surface area contributed by atoms with Crippen LogP contribution in [-0.2, 0) is 20.1 Å². The van der Waals surface area contributed by atoms with E-state index in [0.29, 0.717) is 12.1 Å². The molecule has 24 heavy (non-hydrogen) atoms. The van der Waals surface area contributed by atoms with E-state index in [1.807, 2.05) is 0 Å². The predicted molar refractivity (Wildman–Crippen MR) is 79.7 cm³/mol. The quantitative estimate of drug-likeness (QED) is 0.462. The normalized spacial score (nSPS) is 12.1. The van der Waals surface area contributed by atoms with Crippen molar-refractivity contribution in [2.24, 2.45) is 5.14 Å². The monoisotopic (exact) mass is 376 g/mol. The van der Waals surface area contributed by atoms with Crippen molar-refractivity contribution in [3.8, 4) is 11.1 Å². The van der Waals surface area contributed by atoms with Crippen LogP contribution in [0.5, 0.6) is 0 Å². The highest BCUT2D eigenvalue weighted by Gasteiger charge is 2.27. The van der Waals surface area contributed by atoms with Crippen molar-refractivity contribution >= 4 is 25.8 Å². The first-order chi connectivity index (χ1) is 10.9. The van der Waals surface area contributed by atoms with E-state index in [1.54, 1.807) is 0 Å². The van der Waals surface area contributed by atoms with Gasteiger partial charge >= 0.3 is 0 Å². The third-order valence-corrected chi connectivity index (χ3v) is 4.85. The number of nitrogens with zero attached hydrogens (tertiary/aromatic N) is 1. The first-order valence-electron chi connectivity index (χ1n) is 6.00. The lowest BCUT2D eigenvalue weighted by Crippen LogP contribution is -2.15. The van der Waals surface area contributed by atoms with E-state index >= 15 is 0 Å². The minimum Gasteiger partial charge on any atom is -0.282 e. The number of rotatable bonds is 4. The molecule has 128 valence electrons. The summed E-state index contributed by atoms with van der Waals surface area (Å²) in [6, 6.07) is 4.80. The molecule has 9 nitrogen and oxygen atoms in total. The van der Waals surface area contributed by atoms with Gasteiger partial charge in [-0.2, -0.15) is 8.42 Å². The van der Waals surface area contributed by atoms with Crippen molar-refractivity contribution in [2.45, 2.75) is 9.79 Å². The van der Waals surface area contributed by atoms with E-state index < -0.39 is 57.5 Å². The third-order valence-electron chi connectivity index (χ3n) is 3.00. The van der Waals surface area contributed by atoms with Crippen LogP contribution in [0.4, 0.5) is 10.1 Å². The maximum atomic E-state index is 14.1. The Morgan fingerprint density at radius 2 is 1.67 bits per heavy atom. The molecular formula is C12H9FN2O7S2. The first kappa shape index (κ1) is 17.9. The number of hydrogen-bond acceptors (Lipinski definition) is 6. The first-order valence-corrected chi connectivity index (χ1v) is 8.99. The highest BCUT2D eigenvalue weighted by Crippen LogP contribution is 2.36. The second-order valence-electron chi connectivity index (χ2n) is 4.57. The van der Waals surface area contributed by atoms with Gasteiger partial charge in [-0.15, -0.1) is 0 Å². The molecular weight excluding hydrogens is 367 g/mol. The summed E-state index contributed by atoms with van der Waals surface area (Å²) in [5.41, 5.74) is -2.11. The SMILES string of the molecule is NS(=O)(=O)c1cccc(S(=O)(=O)O)c1-c1cc([N+](=O)[O-])ccc1F. The number of halogens is 1. The zero-order chi connectivity index (χ0) is 18.3. The third kappa shape index (κ3) is 3.41. The summed E-state index contributed by atoms with van der Waals surface area (Å²) >= 11 is 0. The van der Waals surface area contributed by atoms with Crippen molar-refractivity contribution < 1.29 is 30.7 Å². The Morgan fingerprint density at radius 3 is 2.17 bits per heavy atom. The highest BCUT2D eigenvalue weighted by atomic mass is 32.2. The van der Waals surface area contributed by atoms with Gasteiger partial charge in [-0.1, -0.05) is 6.07 Å². The number of primary sulfonamides is 1. The molecule has 2 aromatic carbocycles. The number of hydrogen-bond donors (Lipinski definition) is 2. The van der Waals surface area contributed by atoms with Crippen LogP contribution in [0.3, 0.4) is 0 Å². The minimum absolute atomic E-state index is 0.614. The molecule has 0 atom stereocenters. The van der Waals surface area contributed by atoms with E-state index in [9.17, 15) is 35.9 Å². The molecule has 0 saturated heterocycles. The van der Waals surface area contributed by atoms with Crippen molar-refractivity contribution in [2.75, 3.05) is 0 Å². The standard InChI is InChI=1S/C12H9FN2O7S2/c13-9-5-4-7(15(16)17)6-8(9)12-10(23(14,18)19)2-1-3-11(12)24(20,21)22/h1-6H,(H2,14,18,19)(H,20,21,22). The molecule has 2 aromatic rings. The predicted octanol–water partition coefficient (Wildman–Crippen LogP) is 1.30. The molecule has 0 aromatic heterocycles.